The van der Waals surface area contributed by atoms with Crippen molar-refractivity contribution in [2.45, 2.75) is 5.16 Å². The van der Waals surface area contributed by atoms with Gasteiger partial charge in [0.05, 0.1) is 5.75 Å². The molecule has 0 aliphatic carbocycles. The largest absolute Gasteiger partial charge is 0.336 e. The summed E-state index contributed by atoms with van der Waals surface area (Å²) in [4.78, 5) is 11.6. The number of carbonyl (C=O) groups excluding carboxylic acids is 1. The average molecular weight is 284 g/mol. The van der Waals surface area contributed by atoms with E-state index in [1.807, 2.05) is 0 Å². The first-order valence-corrected chi connectivity index (χ1v) is 6.35. The molecule has 3 N–H and O–H groups in total. The normalized spacial score (nSPS) is 10.3. The Hall–Kier alpha value is -1.73. The van der Waals surface area contributed by atoms with Crippen LogP contribution in [0.5, 0.6) is 0 Å². The van der Waals surface area contributed by atoms with E-state index in [4.69, 9.17) is 17.4 Å². The molecule has 6 nitrogen and oxygen atoms in total. The molecule has 1 amide bonds. The molecule has 1 aromatic carbocycles. The Bertz CT molecular complexity index is 541. The van der Waals surface area contributed by atoms with Gasteiger partial charge in [-0.15, -0.1) is 10.2 Å². The number of amides is 1. The number of hydrogen-bond donors (Lipinski definition) is 2. The van der Waals surface area contributed by atoms with Crippen molar-refractivity contribution in [3.8, 4) is 0 Å². The molecule has 2 rings (SSSR count). The summed E-state index contributed by atoms with van der Waals surface area (Å²) in [7, 11) is 0. The van der Waals surface area contributed by atoms with Crippen LogP contribution < -0.4 is 11.2 Å². The smallest absolute Gasteiger partial charge is 0.234 e. The van der Waals surface area contributed by atoms with Crippen LogP contribution in [0, 0.1) is 0 Å². The third kappa shape index (κ3) is 3.38. The molecular formula is C10H10ClN5OS. The summed E-state index contributed by atoms with van der Waals surface area (Å²) in [5.74, 6) is 5.58. The molecule has 0 spiro atoms. The predicted octanol–water partition coefficient (Wildman–Crippen LogP) is 1.38. The van der Waals surface area contributed by atoms with Crippen molar-refractivity contribution in [2.24, 2.45) is 0 Å². The first-order valence-electron chi connectivity index (χ1n) is 4.98. The van der Waals surface area contributed by atoms with Crippen LogP contribution in [-0.4, -0.2) is 26.5 Å². The van der Waals surface area contributed by atoms with Crippen molar-refractivity contribution in [2.75, 3.05) is 16.9 Å². The molecule has 0 atom stereocenters. The Labute approximate surface area is 112 Å². The van der Waals surface area contributed by atoms with Crippen LogP contribution in [0.1, 0.15) is 0 Å². The first kappa shape index (κ1) is 12.7. The molecule has 0 unspecified atom stereocenters. The average Bonchev–Trinajstić information content (AvgIpc) is 2.75. The number of rotatable bonds is 4. The van der Waals surface area contributed by atoms with E-state index < -0.39 is 0 Å². The van der Waals surface area contributed by atoms with E-state index in [0.717, 1.165) is 0 Å². The predicted molar refractivity (Wildman–Crippen MR) is 71.0 cm³/mol. The number of benzene rings is 1. The maximum atomic E-state index is 11.6. The van der Waals surface area contributed by atoms with Crippen LogP contribution in [0.2, 0.25) is 5.02 Å². The lowest BCUT2D eigenvalue weighted by atomic mass is 10.3. The lowest BCUT2D eigenvalue weighted by Crippen LogP contribution is -2.15. The molecule has 0 fully saturated rings. The number of nitrogens with two attached hydrogens (primary N) is 1. The van der Waals surface area contributed by atoms with E-state index in [9.17, 15) is 4.79 Å². The van der Waals surface area contributed by atoms with Gasteiger partial charge in [0.1, 0.15) is 6.33 Å². The van der Waals surface area contributed by atoms with E-state index in [-0.39, 0.29) is 11.7 Å². The zero-order valence-corrected chi connectivity index (χ0v) is 10.8. The minimum absolute atomic E-state index is 0.148. The van der Waals surface area contributed by atoms with Gasteiger partial charge in [-0.3, -0.25) is 4.79 Å². The monoisotopic (exact) mass is 283 g/mol. The highest BCUT2D eigenvalue weighted by atomic mass is 35.5. The highest BCUT2D eigenvalue weighted by Crippen LogP contribution is 2.15. The van der Waals surface area contributed by atoms with Gasteiger partial charge in [-0.05, 0) is 24.3 Å². The maximum absolute atomic E-state index is 11.6. The Morgan fingerprint density at radius 1 is 1.44 bits per heavy atom. The Morgan fingerprint density at radius 3 is 2.78 bits per heavy atom. The van der Waals surface area contributed by atoms with Gasteiger partial charge in [0.15, 0.2) is 0 Å². The summed E-state index contributed by atoms with van der Waals surface area (Å²) in [6.45, 7) is 0. The standard InChI is InChI=1S/C10H10ClN5OS/c11-7-1-3-8(4-2-7)14-9(17)5-18-10-15-13-6-16(10)12/h1-4,6H,5,12H2,(H,14,17). The summed E-state index contributed by atoms with van der Waals surface area (Å²) in [6, 6.07) is 6.88. The molecule has 1 aromatic heterocycles. The number of nitrogens with zero attached hydrogens (tertiary/aromatic N) is 3. The second-order valence-electron chi connectivity index (χ2n) is 3.36. The van der Waals surface area contributed by atoms with Gasteiger partial charge in [-0.2, -0.15) is 0 Å². The van der Waals surface area contributed by atoms with Gasteiger partial charge in [-0.1, -0.05) is 23.4 Å². The SMILES string of the molecule is Nn1cnnc1SCC(=O)Nc1ccc(Cl)cc1. The summed E-state index contributed by atoms with van der Waals surface area (Å²) in [5.41, 5.74) is 0.694. The lowest BCUT2D eigenvalue weighted by Gasteiger charge is -2.04. The molecule has 18 heavy (non-hydrogen) atoms. The Kier molecular flexibility index (Phi) is 4.06. The molecule has 0 saturated carbocycles. The summed E-state index contributed by atoms with van der Waals surface area (Å²) in [6.07, 6.45) is 1.37. The molecule has 94 valence electrons. The molecule has 1 heterocycles. The van der Waals surface area contributed by atoms with Crippen LogP contribution in [0.15, 0.2) is 35.7 Å². The fourth-order valence-corrected chi connectivity index (χ4v) is 1.96. The number of nitrogens with one attached hydrogen (secondary N) is 1. The third-order valence-corrected chi connectivity index (χ3v) is 3.21. The van der Waals surface area contributed by atoms with Gasteiger partial charge < -0.3 is 11.2 Å². The molecule has 0 saturated heterocycles. The van der Waals surface area contributed by atoms with Crippen molar-refractivity contribution < 1.29 is 4.79 Å². The fourth-order valence-electron chi connectivity index (χ4n) is 1.20. The van der Waals surface area contributed by atoms with Crippen molar-refractivity contribution in [3.63, 3.8) is 0 Å². The number of anilines is 1. The quantitative estimate of drug-likeness (QED) is 0.654. The van der Waals surface area contributed by atoms with E-state index in [1.54, 1.807) is 24.3 Å². The Balaban J connectivity index is 1.86. The van der Waals surface area contributed by atoms with Crippen LogP contribution in [0.25, 0.3) is 0 Å². The summed E-state index contributed by atoms with van der Waals surface area (Å²) in [5, 5.41) is 11.2. The molecule has 0 aliphatic heterocycles. The fraction of sp³-hybridized carbons (Fsp3) is 0.100. The van der Waals surface area contributed by atoms with E-state index in [1.165, 1.54) is 22.8 Å². The van der Waals surface area contributed by atoms with Crippen LogP contribution in [-0.2, 0) is 4.79 Å². The molecular weight excluding hydrogens is 274 g/mol. The van der Waals surface area contributed by atoms with Crippen LogP contribution >= 0.6 is 23.4 Å². The second-order valence-corrected chi connectivity index (χ2v) is 4.74. The molecule has 0 bridgehead atoms. The Morgan fingerprint density at radius 2 is 2.17 bits per heavy atom. The van der Waals surface area contributed by atoms with Crippen molar-refractivity contribution in [3.05, 3.63) is 35.6 Å². The minimum atomic E-state index is -0.148. The highest BCUT2D eigenvalue weighted by molar-refractivity contribution is 7.99. The number of hydrogen-bond acceptors (Lipinski definition) is 5. The van der Waals surface area contributed by atoms with Gasteiger partial charge in [-0.25, -0.2) is 4.68 Å². The lowest BCUT2D eigenvalue weighted by molar-refractivity contribution is -0.113. The highest BCUT2D eigenvalue weighted by Gasteiger charge is 2.07. The number of carbonyl (C=O) groups is 1. The van der Waals surface area contributed by atoms with E-state index in [0.29, 0.717) is 15.9 Å². The molecule has 2 aromatic rings. The van der Waals surface area contributed by atoms with Gasteiger partial charge >= 0.3 is 0 Å². The third-order valence-electron chi connectivity index (χ3n) is 2.00. The molecule has 0 radical (unpaired) electrons. The number of aromatic nitrogens is 3. The molecule has 8 heteroatoms. The summed E-state index contributed by atoms with van der Waals surface area (Å²) >= 11 is 6.96. The zero-order chi connectivity index (χ0) is 13.0. The first-order chi connectivity index (χ1) is 8.65. The van der Waals surface area contributed by atoms with E-state index in [2.05, 4.69) is 15.5 Å². The maximum Gasteiger partial charge on any atom is 0.234 e. The van der Waals surface area contributed by atoms with Gasteiger partial charge in [0, 0.05) is 10.7 Å². The number of nitrogen functional groups attached to an aromatic ring is 1. The van der Waals surface area contributed by atoms with Gasteiger partial charge in [0.2, 0.25) is 11.1 Å². The zero-order valence-electron chi connectivity index (χ0n) is 9.21. The van der Waals surface area contributed by atoms with E-state index >= 15 is 0 Å². The van der Waals surface area contributed by atoms with Gasteiger partial charge in [0.25, 0.3) is 0 Å². The number of thioether (sulfide) groups is 1. The topological polar surface area (TPSA) is 85.8 Å². The molecule has 0 aliphatic rings. The summed E-state index contributed by atoms with van der Waals surface area (Å²) < 4.78 is 1.26. The van der Waals surface area contributed by atoms with Crippen LogP contribution in [0.3, 0.4) is 0 Å². The second kappa shape index (κ2) is 5.74. The van der Waals surface area contributed by atoms with Crippen molar-refractivity contribution in [1.29, 1.82) is 0 Å². The van der Waals surface area contributed by atoms with Crippen molar-refractivity contribution in [1.82, 2.24) is 14.9 Å². The minimum Gasteiger partial charge on any atom is -0.336 e. The van der Waals surface area contributed by atoms with Crippen LogP contribution in [0.4, 0.5) is 5.69 Å². The van der Waals surface area contributed by atoms with Crippen molar-refractivity contribution >= 4 is 35.0 Å². The number of halogens is 1.